The topological polar surface area (TPSA) is 67.7 Å². The lowest BCUT2D eigenvalue weighted by Crippen LogP contribution is -2.39. The standard InChI is InChI=1S/C20H26N4O3/c1-4-27-14-20(26)24-12-9-15(16-7-5-6-8-18(16)24)17-10-11-23(21-17)13-19(25)22(2)3/h5-8,10-11,15H,4,9,12-14H2,1-3H3. The number of aromatic nitrogens is 2. The third-order valence-corrected chi connectivity index (χ3v) is 4.79. The molecule has 3 rings (SSSR count). The first-order chi connectivity index (χ1) is 13.0. The van der Waals surface area contributed by atoms with Gasteiger partial charge in [0.2, 0.25) is 5.91 Å². The van der Waals surface area contributed by atoms with E-state index in [0.717, 1.165) is 23.4 Å². The van der Waals surface area contributed by atoms with E-state index in [9.17, 15) is 9.59 Å². The lowest BCUT2D eigenvalue weighted by atomic mass is 9.87. The number of hydrogen-bond acceptors (Lipinski definition) is 4. The van der Waals surface area contributed by atoms with Crippen LogP contribution in [0.3, 0.4) is 0 Å². The minimum atomic E-state index is -0.0233. The Morgan fingerprint density at radius 1 is 1.26 bits per heavy atom. The molecule has 0 bridgehead atoms. The van der Waals surface area contributed by atoms with Crippen LogP contribution in [-0.2, 0) is 20.9 Å². The molecule has 144 valence electrons. The van der Waals surface area contributed by atoms with Crippen molar-refractivity contribution in [2.24, 2.45) is 0 Å². The number of anilines is 1. The number of para-hydroxylation sites is 1. The van der Waals surface area contributed by atoms with Gasteiger partial charge in [-0.15, -0.1) is 0 Å². The highest BCUT2D eigenvalue weighted by Crippen LogP contribution is 2.38. The number of ether oxygens (including phenoxy) is 1. The number of benzene rings is 1. The van der Waals surface area contributed by atoms with Crippen LogP contribution in [0.1, 0.15) is 30.5 Å². The van der Waals surface area contributed by atoms with Gasteiger partial charge in [-0.2, -0.15) is 5.10 Å². The molecule has 1 aliphatic heterocycles. The fourth-order valence-electron chi connectivity index (χ4n) is 3.33. The van der Waals surface area contributed by atoms with Gasteiger partial charge in [-0.05, 0) is 31.0 Å². The highest BCUT2D eigenvalue weighted by molar-refractivity contribution is 5.95. The molecule has 1 aromatic heterocycles. The number of carbonyl (C=O) groups is 2. The van der Waals surface area contributed by atoms with Gasteiger partial charge in [0.25, 0.3) is 5.91 Å². The Hall–Kier alpha value is -2.67. The van der Waals surface area contributed by atoms with Gasteiger partial charge >= 0.3 is 0 Å². The van der Waals surface area contributed by atoms with Crippen molar-refractivity contribution in [3.8, 4) is 0 Å². The minimum Gasteiger partial charge on any atom is -0.372 e. The summed E-state index contributed by atoms with van der Waals surface area (Å²) in [7, 11) is 3.47. The molecule has 0 fully saturated rings. The van der Waals surface area contributed by atoms with E-state index in [2.05, 4.69) is 5.10 Å². The first kappa shape index (κ1) is 19.1. The maximum atomic E-state index is 12.5. The van der Waals surface area contributed by atoms with Crippen molar-refractivity contribution in [2.75, 3.05) is 38.8 Å². The Morgan fingerprint density at radius 3 is 2.78 bits per heavy atom. The van der Waals surface area contributed by atoms with E-state index in [1.54, 1.807) is 28.6 Å². The third kappa shape index (κ3) is 4.19. The van der Waals surface area contributed by atoms with Gasteiger partial charge in [-0.25, -0.2) is 0 Å². The van der Waals surface area contributed by atoms with E-state index < -0.39 is 0 Å². The summed E-state index contributed by atoms with van der Waals surface area (Å²) in [6, 6.07) is 9.90. The summed E-state index contributed by atoms with van der Waals surface area (Å²) in [5.41, 5.74) is 2.92. The second-order valence-electron chi connectivity index (χ2n) is 6.81. The van der Waals surface area contributed by atoms with E-state index in [1.165, 1.54) is 0 Å². The molecule has 7 nitrogen and oxygen atoms in total. The molecule has 1 aliphatic rings. The molecule has 27 heavy (non-hydrogen) atoms. The van der Waals surface area contributed by atoms with Crippen molar-refractivity contribution in [1.82, 2.24) is 14.7 Å². The van der Waals surface area contributed by atoms with E-state index in [0.29, 0.717) is 13.2 Å². The fourth-order valence-corrected chi connectivity index (χ4v) is 3.33. The largest absolute Gasteiger partial charge is 0.372 e. The van der Waals surface area contributed by atoms with Crippen LogP contribution >= 0.6 is 0 Å². The molecule has 0 saturated carbocycles. The van der Waals surface area contributed by atoms with Crippen molar-refractivity contribution < 1.29 is 14.3 Å². The maximum absolute atomic E-state index is 12.5. The monoisotopic (exact) mass is 370 g/mol. The molecule has 7 heteroatoms. The van der Waals surface area contributed by atoms with Crippen LogP contribution in [0.4, 0.5) is 5.69 Å². The highest BCUT2D eigenvalue weighted by atomic mass is 16.5. The molecule has 0 saturated heterocycles. The maximum Gasteiger partial charge on any atom is 0.252 e. The van der Waals surface area contributed by atoms with Gasteiger partial charge in [0.05, 0.1) is 5.69 Å². The Morgan fingerprint density at radius 2 is 2.04 bits per heavy atom. The summed E-state index contributed by atoms with van der Waals surface area (Å²) >= 11 is 0. The first-order valence-corrected chi connectivity index (χ1v) is 9.21. The normalized spacial score (nSPS) is 16.1. The van der Waals surface area contributed by atoms with E-state index in [1.807, 2.05) is 43.5 Å². The summed E-state index contributed by atoms with van der Waals surface area (Å²) in [5, 5.41) is 4.62. The van der Waals surface area contributed by atoms with Gasteiger partial charge in [0.15, 0.2) is 0 Å². The number of rotatable bonds is 6. The van der Waals surface area contributed by atoms with Crippen LogP contribution in [0, 0.1) is 0 Å². The number of nitrogens with zero attached hydrogens (tertiary/aromatic N) is 4. The predicted molar refractivity (Wildman–Crippen MR) is 103 cm³/mol. The molecule has 0 aliphatic carbocycles. The summed E-state index contributed by atoms with van der Waals surface area (Å²) in [4.78, 5) is 27.8. The van der Waals surface area contributed by atoms with E-state index in [4.69, 9.17) is 4.74 Å². The summed E-state index contributed by atoms with van der Waals surface area (Å²) in [6.45, 7) is 3.34. The Kier molecular flexibility index (Phi) is 5.91. The van der Waals surface area contributed by atoms with Crippen molar-refractivity contribution in [1.29, 1.82) is 0 Å². The zero-order valence-electron chi connectivity index (χ0n) is 16.1. The lowest BCUT2D eigenvalue weighted by Gasteiger charge is -2.33. The molecule has 2 aromatic rings. The van der Waals surface area contributed by atoms with E-state index >= 15 is 0 Å². The molecule has 2 amide bonds. The molecule has 2 heterocycles. The SMILES string of the molecule is CCOCC(=O)N1CCC(c2ccn(CC(=O)N(C)C)n2)c2ccccc21. The van der Waals surface area contributed by atoms with Gasteiger partial charge < -0.3 is 14.5 Å². The number of amides is 2. The van der Waals surface area contributed by atoms with Crippen molar-refractivity contribution in [3.63, 3.8) is 0 Å². The van der Waals surface area contributed by atoms with Gasteiger partial charge in [0.1, 0.15) is 13.2 Å². The average molecular weight is 370 g/mol. The van der Waals surface area contributed by atoms with Gasteiger partial charge in [0, 0.05) is 45.0 Å². The smallest absolute Gasteiger partial charge is 0.252 e. The van der Waals surface area contributed by atoms with Gasteiger partial charge in [-0.3, -0.25) is 14.3 Å². The second-order valence-corrected chi connectivity index (χ2v) is 6.81. The average Bonchev–Trinajstić information content (AvgIpc) is 3.13. The summed E-state index contributed by atoms with van der Waals surface area (Å²) in [5.74, 6) is 0.0827. The van der Waals surface area contributed by atoms with Crippen LogP contribution in [0.5, 0.6) is 0 Å². The van der Waals surface area contributed by atoms with Crippen LogP contribution in [0.25, 0.3) is 0 Å². The number of carbonyl (C=O) groups excluding carboxylic acids is 2. The summed E-state index contributed by atoms with van der Waals surface area (Å²) < 4.78 is 6.97. The molecular formula is C20H26N4O3. The third-order valence-electron chi connectivity index (χ3n) is 4.79. The van der Waals surface area contributed by atoms with Crippen LogP contribution in [0.15, 0.2) is 36.5 Å². The van der Waals surface area contributed by atoms with Gasteiger partial charge in [-0.1, -0.05) is 18.2 Å². The number of fused-ring (bicyclic) bond motifs is 1. The van der Waals surface area contributed by atoms with E-state index in [-0.39, 0.29) is 30.9 Å². The van der Waals surface area contributed by atoms with Crippen LogP contribution in [0.2, 0.25) is 0 Å². The highest BCUT2D eigenvalue weighted by Gasteiger charge is 2.30. The quantitative estimate of drug-likeness (QED) is 0.779. The fraction of sp³-hybridized carbons (Fsp3) is 0.450. The molecule has 1 unspecified atom stereocenters. The summed E-state index contributed by atoms with van der Waals surface area (Å²) in [6.07, 6.45) is 2.62. The lowest BCUT2D eigenvalue weighted by molar-refractivity contribution is -0.129. The molecular weight excluding hydrogens is 344 g/mol. The number of hydrogen-bond donors (Lipinski definition) is 0. The molecule has 1 atom stereocenters. The second kappa shape index (κ2) is 8.35. The first-order valence-electron chi connectivity index (χ1n) is 9.21. The van der Waals surface area contributed by atoms with Crippen molar-refractivity contribution in [2.45, 2.75) is 25.8 Å². The van der Waals surface area contributed by atoms with Crippen molar-refractivity contribution in [3.05, 3.63) is 47.8 Å². The molecule has 0 N–H and O–H groups in total. The molecule has 1 aromatic carbocycles. The predicted octanol–water partition coefficient (Wildman–Crippen LogP) is 1.88. The zero-order chi connectivity index (χ0) is 19.4. The number of likely N-dealkylation sites (N-methyl/N-ethyl adjacent to an activating group) is 1. The Balaban J connectivity index is 1.82. The molecule has 0 radical (unpaired) electrons. The Bertz CT molecular complexity index is 815. The molecule has 0 spiro atoms. The minimum absolute atomic E-state index is 0.00129. The van der Waals surface area contributed by atoms with Crippen LogP contribution in [-0.4, -0.2) is 60.3 Å². The zero-order valence-corrected chi connectivity index (χ0v) is 16.1. The van der Waals surface area contributed by atoms with Crippen molar-refractivity contribution >= 4 is 17.5 Å². The van der Waals surface area contributed by atoms with Crippen LogP contribution < -0.4 is 4.90 Å². The Labute approximate surface area is 159 Å².